The first-order valence-electron chi connectivity index (χ1n) is 6.89. The molecule has 0 heterocycles. The SMILES string of the molecule is CCOC(=O)NS(=O)(=O)N(C)C1(CC(=O)O)CCCCC1. The van der Waals surface area contributed by atoms with Gasteiger partial charge in [0.25, 0.3) is 0 Å². The number of amides is 1. The summed E-state index contributed by atoms with van der Waals surface area (Å²) in [6, 6.07) is 0. The minimum atomic E-state index is -4.14. The van der Waals surface area contributed by atoms with Gasteiger partial charge in [0.05, 0.1) is 13.0 Å². The molecule has 1 saturated carbocycles. The fraction of sp³-hybridized carbons (Fsp3) is 0.833. The van der Waals surface area contributed by atoms with Gasteiger partial charge in [-0.1, -0.05) is 19.3 Å². The largest absolute Gasteiger partial charge is 0.481 e. The van der Waals surface area contributed by atoms with Crippen molar-refractivity contribution >= 4 is 22.3 Å². The summed E-state index contributed by atoms with van der Waals surface area (Å²) in [5, 5.41) is 9.08. The molecular weight excluding hydrogens is 300 g/mol. The molecule has 1 amide bonds. The number of aliphatic carboxylic acids is 1. The van der Waals surface area contributed by atoms with Gasteiger partial charge in [0.15, 0.2) is 0 Å². The number of ether oxygens (including phenoxy) is 1. The van der Waals surface area contributed by atoms with Crippen LogP contribution < -0.4 is 4.72 Å². The van der Waals surface area contributed by atoms with Crippen LogP contribution in [0.1, 0.15) is 45.4 Å². The molecule has 1 aliphatic carbocycles. The van der Waals surface area contributed by atoms with Gasteiger partial charge in [-0.15, -0.1) is 0 Å². The fourth-order valence-corrected chi connectivity index (χ4v) is 3.85. The van der Waals surface area contributed by atoms with Crippen molar-refractivity contribution in [3.63, 3.8) is 0 Å². The molecule has 2 N–H and O–H groups in total. The molecule has 21 heavy (non-hydrogen) atoms. The number of carbonyl (C=O) groups is 2. The molecule has 0 bridgehead atoms. The molecule has 0 saturated heterocycles. The van der Waals surface area contributed by atoms with Gasteiger partial charge < -0.3 is 9.84 Å². The summed E-state index contributed by atoms with van der Waals surface area (Å²) in [6.45, 7) is 1.61. The quantitative estimate of drug-likeness (QED) is 0.756. The van der Waals surface area contributed by atoms with Crippen molar-refractivity contribution < 1.29 is 27.9 Å². The van der Waals surface area contributed by atoms with Gasteiger partial charge in [-0.3, -0.25) is 4.79 Å². The number of hydrogen-bond donors (Lipinski definition) is 2. The summed E-state index contributed by atoms with van der Waals surface area (Å²) in [5.74, 6) is -1.06. The Bertz CT molecular complexity index is 484. The van der Waals surface area contributed by atoms with E-state index in [2.05, 4.69) is 4.74 Å². The molecule has 1 aliphatic rings. The van der Waals surface area contributed by atoms with Crippen LogP contribution in [0.4, 0.5) is 4.79 Å². The summed E-state index contributed by atoms with van der Waals surface area (Å²) in [5.41, 5.74) is -0.998. The summed E-state index contributed by atoms with van der Waals surface area (Å²) < 4.78 is 31.8. The molecular formula is C12H22N2O6S. The van der Waals surface area contributed by atoms with Gasteiger partial charge in [-0.2, -0.15) is 12.7 Å². The molecule has 0 radical (unpaired) electrons. The second-order valence-electron chi connectivity index (χ2n) is 5.15. The van der Waals surface area contributed by atoms with Gasteiger partial charge in [0.2, 0.25) is 0 Å². The molecule has 0 aromatic carbocycles. The zero-order valence-electron chi connectivity index (χ0n) is 12.3. The van der Waals surface area contributed by atoms with Crippen molar-refractivity contribution in [1.82, 2.24) is 9.03 Å². The van der Waals surface area contributed by atoms with Crippen LogP contribution in [0.2, 0.25) is 0 Å². The summed E-state index contributed by atoms with van der Waals surface area (Å²) in [4.78, 5) is 22.4. The second-order valence-corrected chi connectivity index (χ2v) is 6.85. The van der Waals surface area contributed by atoms with E-state index in [-0.39, 0.29) is 13.0 Å². The maximum absolute atomic E-state index is 12.2. The molecule has 0 unspecified atom stereocenters. The highest BCUT2D eigenvalue weighted by atomic mass is 32.2. The van der Waals surface area contributed by atoms with E-state index in [4.69, 9.17) is 5.11 Å². The van der Waals surface area contributed by atoms with Gasteiger partial charge in [-0.25, -0.2) is 9.52 Å². The minimum absolute atomic E-state index is 0.0470. The average molecular weight is 322 g/mol. The van der Waals surface area contributed by atoms with Crippen molar-refractivity contribution in [2.45, 2.75) is 51.0 Å². The van der Waals surface area contributed by atoms with E-state index in [9.17, 15) is 18.0 Å². The zero-order valence-corrected chi connectivity index (χ0v) is 13.1. The molecule has 0 aromatic rings. The molecule has 9 heteroatoms. The molecule has 8 nitrogen and oxygen atoms in total. The van der Waals surface area contributed by atoms with Gasteiger partial charge in [0.1, 0.15) is 0 Å². The van der Waals surface area contributed by atoms with E-state index >= 15 is 0 Å². The smallest absolute Gasteiger partial charge is 0.421 e. The van der Waals surface area contributed by atoms with Crippen LogP contribution in [0.15, 0.2) is 0 Å². The van der Waals surface area contributed by atoms with E-state index in [0.717, 1.165) is 23.6 Å². The fourth-order valence-electron chi connectivity index (χ4n) is 2.68. The summed E-state index contributed by atoms with van der Waals surface area (Å²) in [7, 11) is -2.84. The van der Waals surface area contributed by atoms with Crippen LogP contribution in [0.25, 0.3) is 0 Å². The molecule has 1 fully saturated rings. The lowest BCUT2D eigenvalue weighted by Crippen LogP contribution is -2.56. The van der Waals surface area contributed by atoms with Crippen LogP contribution in [0.3, 0.4) is 0 Å². The normalized spacial score (nSPS) is 18.2. The number of nitrogens with one attached hydrogen (secondary N) is 1. The van der Waals surface area contributed by atoms with E-state index in [1.54, 1.807) is 11.6 Å². The van der Waals surface area contributed by atoms with Crippen molar-refractivity contribution in [1.29, 1.82) is 0 Å². The Morgan fingerprint density at radius 2 is 1.86 bits per heavy atom. The molecule has 0 aromatic heterocycles. The zero-order chi connectivity index (χ0) is 16.1. The third-order valence-corrected chi connectivity index (χ3v) is 5.31. The Hall–Kier alpha value is -1.35. The van der Waals surface area contributed by atoms with Crippen molar-refractivity contribution in [3.8, 4) is 0 Å². The number of carboxylic acid groups (broad SMARTS) is 1. The number of hydrogen-bond acceptors (Lipinski definition) is 5. The van der Waals surface area contributed by atoms with Crippen molar-refractivity contribution in [3.05, 3.63) is 0 Å². The Balaban J connectivity index is 2.95. The maximum Gasteiger partial charge on any atom is 0.421 e. The lowest BCUT2D eigenvalue weighted by molar-refractivity contribution is -0.140. The van der Waals surface area contributed by atoms with E-state index in [1.807, 2.05) is 0 Å². The molecule has 0 spiro atoms. The molecule has 0 atom stereocenters. The third kappa shape index (κ3) is 4.57. The topological polar surface area (TPSA) is 113 Å². The van der Waals surface area contributed by atoms with Crippen LogP contribution in [0, 0.1) is 0 Å². The molecule has 122 valence electrons. The number of carbonyl (C=O) groups excluding carboxylic acids is 1. The van der Waals surface area contributed by atoms with E-state index in [0.29, 0.717) is 12.8 Å². The molecule has 0 aliphatic heterocycles. The first kappa shape index (κ1) is 17.7. The Kier molecular flexibility index (Phi) is 5.97. The third-order valence-electron chi connectivity index (χ3n) is 3.78. The number of carboxylic acids is 1. The maximum atomic E-state index is 12.2. The number of nitrogens with zero attached hydrogens (tertiary/aromatic N) is 1. The first-order chi connectivity index (χ1) is 9.73. The lowest BCUT2D eigenvalue weighted by Gasteiger charge is -2.42. The van der Waals surface area contributed by atoms with Gasteiger partial charge >= 0.3 is 22.3 Å². The highest BCUT2D eigenvalue weighted by Gasteiger charge is 2.44. The minimum Gasteiger partial charge on any atom is -0.481 e. The highest BCUT2D eigenvalue weighted by molar-refractivity contribution is 7.87. The van der Waals surface area contributed by atoms with Crippen LogP contribution in [-0.2, 0) is 19.7 Å². The second kappa shape index (κ2) is 7.08. The van der Waals surface area contributed by atoms with Crippen molar-refractivity contribution in [2.75, 3.05) is 13.7 Å². The summed E-state index contributed by atoms with van der Waals surface area (Å²) >= 11 is 0. The van der Waals surface area contributed by atoms with Crippen LogP contribution in [-0.4, -0.2) is 49.1 Å². The van der Waals surface area contributed by atoms with Gasteiger partial charge in [0, 0.05) is 12.6 Å². The van der Waals surface area contributed by atoms with Gasteiger partial charge in [-0.05, 0) is 19.8 Å². The lowest BCUT2D eigenvalue weighted by atomic mass is 9.79. The standard InChI is InChI=1S/C12H22N2O6S/c1-3-20-11(17)13-21(18,19)14(2)12(9-10(15)16)7-5-4-6-8-12/h3-9H2,1-2H3,(H,13,17)(H,15,16). The highest BCUT2D eigenvalue weighted by Crippen LogP contribution is 2.37. The Labute approximate surface area is 124 Å². The first-order valence-corrected chi connectivity index (χ1v) is 8.33. The Morgan fingerprint density at radius 1 is 1.29 bits per heavy atom. The number of rotatable bonds is 6. The predicted molar refractivity (Wildman–Crippen MR) is 74.9 cm³/mol. The molecule has 1 rings (SSSR count). The van der Waals surface area contributed by atoms with Crippen LogP contribution in [0.5, 0.6) is 0 Å². The monoisotopic (exact) mass is 322 g/mol. The predicted octanol–water partition coefficient (Wildman–Crippen LogP) is 1.09. The van der Waals surface area contributed by atoms with Crippen LogP contribution >= 0.6 is 0 Å². The van der Waals surface area contributed by atoms with Crippen molar-refractivity contribution in [2.24, 2.45) is 0 Å². The average Bonchev–Trinajstić information content (AvgIpc) is 2.37. The Morgan fingerprint density at radius 3 is 2.33 bits per heavy atom. The summed E-state index contributed by atoms with van der Waals surface area (Å²) in [6.07, 6.45) is 2.03. The van der Waals surface area contributed by atoms with E-state index in [1.165, 1.54) is 7.05 Å². The van der Waals surface area contributed by atoms with E-state index < -0.39 is 27.8 Å².